The van der Waals surface area contributed by atoms with E-state index >= 15 is 0 Å². The van der Waals surface area contributed by atoms with E-state index in [1.165, 1.54) is 0 Å². The molecule has 0 unspecified atom stereocenters. The molecule has 2 heterocycles. The summed E-state index contributed by atoms with van der Waals surface area (Å²) in [6.07, 6.45) is 7.66. The van der Waals surface area contributed by atoms with Crippen LogP contribution in [0.3, 0.4) is 0 Å². The number of nitrogens with one attached hydrogen (secondary N) is 2. The minimum Gasteiger partial charge on any atom is -0.360 e. The Morgan fingerprint density at radius 1 is 1.15 bits per heavy atom. The van der Waals surface area contributed by atoms with Gasteiger partial charge in [0, 0.05) is 34.9 Å². The average molecular weight is 370 g/mol. The molecule has 0 atom stereocenters. The molecular weight excluding hydrogens is 346 g/mol. The number of aromatic nitrogens is 2. The molecule has 0 spiro atoms. The first-order valence-corrected chi connectivity index (χ1v) is 9.54. The van der Waals surface area contributed by atoms with Crippen molar-refractivity contribution in [2.75, 3.05) is 0 Å². The Morgan fingerprint density at radius 2 is 1.85 bits per heavy atom. The Morgan fingerprint density at radius 3 is 2.50 bits per heavy atom. The summed E-state index contributed by atoms with van der Waals surface area (Å²) >= 11 is 6.18. The van der Waals surface area contributed by atoms with Crippen LogP contribution in [-0.4, -0.2) is 21.9 Å². The summed E-state index contributed by atoms with van der Waals surface area (Å²) < 4.78 is 0. The molecule has 1 aromatic carbocycles. The van der Waals surface area contributed by atoms with Crippen LogP contribution in [0, 0.1) is 0 Å². The third-order valence-corrected chi connectivity index (χ3v) is 4.86. The highest BCUT2D eigenvalue weighted by Crippen LogP contribution is 2.30. The molecule has 0 aliphatic carbocycles. The van der Waals surface area contributed by atoms with Gasteiger partial charge in [-0.15, -0.1) is 0 Å². The number of H-pyrrole nitrogens is 1. The number of amides is 1. The number of benzene rings is 1. The number of fused-ring (bicyclic) bond motifs is 1. The van der Waals surface area contributed by atoms with E-state index in [0.717, 1.165) is 47.8 Å². The Bertz CT molecular complexity index is 880. The lowest BCUT2D eigenvalue weighted by atomic mass is 10.0. The van der Waals surface area contributed by atoms with Gasteiger partial charge >= 0.3 is 0 Å². The Balaban J connectivity index is 1.80. The van der Waals surface area contributed by atoms with Gasteiger partial charge in [-0.05, 0) is 31.0 Å². The summed E-state index contributed by atoms with van der Waals surface area (Å²) in [4.78, 5) is 20.1. The highest BCUT2D eigenvalue weighted by Gasteiger charge is 2.14. The van der Waals surface area contributed by atoms with Crippen LogP contribution >= 0.6 is 11.6 Å². The minimum atomic E-state index is -0.0145. The predicted octanol–water partition coefficient (Wildman–Crippen LogP) is 5.58. The van der Waals surface area contributed by atoms with Gasteiger partial charge in [-0.2, -0.15) is 0 Å². The van der Waals surface area contributed by atoms with Crippen molar-refractivity contribution in [1.29, 1.82) is 0 Å². The van der Waals surface area contributed by atoms with Crippen molar-refractivity contribution >= 4 is 28.4 Å². The van der Waals surface area contributed by atoms with Crippen molar-refractivity contribution in [3.8, 4) is 11.3 Å². The minimum absolute atomic E-state index is 0.0145. The fourth-order valence-corrected chi connectivity index (χ4v) is 3.49. The van der Waals surface area contributed by atoms with Gasteiger partial charge in [0.05, 0.1) is 16.2 Å². The standard InChI is InChI=1S/C21H24ClN3O/c1-3-5-16(6-4-2)25-21(26)15-9-7-14(8-10-15)19-17-11-12-23-20(17)18(22)13-24-19/h7-13,16,23H,3-6H2,1-2H3,(H,25,26). The van der Waals surface area contributed by atoms with E-state index in [4.69, 9.17) is 11.6 Å². The van der Waals surface area contributed by atoms with Crippen LogP contribution in [0.1, 0.15) is 49.9 Å². The largest absolute Gasteiger partial charge is 0.360 e. The van der Waals surface area contributed by atoms with Crippen molar-refractivity contribution in [3.05, 3.63) is 53.3 Å². The summed E-state index contributed by atoms with van der Waals surface area (Å²) in [7, 11) is 0. The Labute approximate surface area is 159 Å². The summed E-state index contributed by atoms with van der Waals surface area (Å²) in [6.45, 7) is 4.29. The third-order valence-electron chi connectivity index (χ3n) is 4.58. The third kappa shape index (κ3) is 3.91. The molecule has 2 N–H and O–H groups in total. The van der Waals surface area contributed by atoms with Crippen molar-refractivity contribution in [2.24, 2.45) is 0 Å². The number of hydrogen-bond donors (Lipinski definition) is 2. The highest BCUT2D eigenvalue weighted by atomic mass is 35.5. The second-order valence-corrected chi connectivity index (χ2v) is 6.95. The zero-order chi connectivity index (χ0) is 18.5. The van der Waals surface area contributed by atoms with Crippen LogP contribution in [0.4, 0.5) is 0 Å². The van der Waals surface area contributed by atoms with Crippen LogP contribution in [-0.2, 0) is 0 Å². The van der Waals surface area contributed by atoms with E-state index in [1.807, 2.05) is 36.5 Å². The number of rotatable bonds is 7. The molecule has 4 nitrogen and oxygen atoms in total. The average Bonchev–Trinajstić information content (AvgIpc) is 3.13. The van der Waals surface area contributed by atoms with Gasteiger partial charge in [-0.3, -0.25) is 9.78 Å². The molecule has 0 saturated heterocycles. The van der Waals surface area contributed by atoms with Crippen LogP contribution in [0.2, 0.25) is 5.02 Å². The number of carbonyl (C=O) groups is 1. The van der Waals surface area contributed by atoms with Crippen molar-refractivity contribution < 1.29 is 4.79 Å². The molecule has 136 valence electrons. The lowest BCUT2D eigenvalue weighted by Crippen LogP contribution is -2.34. The van der Waals surface area contributed by atoms with Gasteiger partial charge in [0.15, 0.2) is 0 Å². The molecule has 26 heavy (non-hydrogen) atoms. The first-order chi connectivity index (χ1) is 12.6. The Kier molecular flexibility index (Phi) is 5.94. The molecule has 0 bridgehead atoms. The fraction of sp³-hybridized carbons (Fsp3) is 0.333. The lowest BCUT2D eigenvalue weighted by molar-refractivity contribution is 0.0932. The normalized spacial score (nSPS) is 11.2. The van der Waals surface area contributed by atoms with Crippen molar-refractivity contribution in [1.82, 2.24) is 15.3 Å². The van der Waals surface area contributed by atoms with E-state index in [-0.39, 0.29) is 11.9 Å². The summed E-state index contributed by atoms with van der Waals surface area (Å²) in [5.41, 5.74) is 3.36. The van der Waals surface area contributed by atoms with Gasteiger partial charge in [-0.1, -0.05) is 50.4 Å². The maximum atomic E-state index is 12.5. The monoisotopic (exact) mass is 369 g/mol. The molecule has 3 aromatic rings. The molecule has 3 rings (SSSR count). The second-order valence-electron chi connectivity index (χ2n) is 6.55. The Hall–Kier alpha value is -2.33. The van der Waals surface area contributed by atoms with Crippen molar-refractivity contribution in [3.63, 3.8) is 0 Å². The molecule has 1 amide bonds. The smallest absolute Gasteiger partial charge is 0.251 e. The number of aromatic amines is 1. The van der Waals surface area contributed by atoms with E-state index in [9.17, 15) is 4.79 Å². The maximum absolute atomic E-state index is 12.5. The topological polar surface area (TPSA) is 57.8 Å². The molecule has 0 radical (unpaired) electrons. The van der Waals surface area contributed by atoms with Crippen LogP contribution in [0.15, 0.2) is 42.7 Å². The molecule has 2 aromatic heterocycles. The highest BCUT2D eigenvalue weighted by molar-refractivity contribution is 6.35. The first-order valence-electron chi connectivity index (χ1n) is 9.17. The van der Waals surface area contributed by atoms with Crippen LogP contribution < -0.4 is 5.32 Å². The van der Waals surface area contributed by atoms with Gasteiger partial charge in [0.25, 0.3) is 5.91 Å². The predicted molar refractivity (Wildman–Crippen MR) is 108 cm³/mol. The summed E-state index contributed by atoms with van der Waals surface area (Å²) in [6, 6.07) is 9.79. The zero-order valence-electron chi connectivity index (χ0n) is 15.2. The molecule has 0 aliphatic rings. The van der Waals surface area contributed by atoms with Crippen molar-refractivity contribution in [2.45, 2.75) is 45.6 Å². The lowest BCUT2D eigenvalue weighted by Gasteiger charge is -2.17. The first kappa shape index (κ1) is 18.5. The summed E-state index contributed by atoms with van der Waals surface area (Å²) in [5, 5.41) is 4.72. The number of pyridine rings is 1. The quantitative estimate of drug-likeness (QED) is 0.571. The maximum Gasteiger partial charge on any atom is 0.251 e. The fourth-order valence-electron chi connectivity index (χ4n) is 3.28. The van der Waals surface area contributed by atoms with E-state index in [2.05, 4.69) is 29.1 Å². The molecule has 5 heteroatoms. The number of halogens is 1. The SMILES string of the molecule is CCCC(CCC)NC(=O)c1ccc(-c2ncc(Cl)c3[nH]ccc23)cc1. The van der Waals surface area contributed by atoms with E-state index in [1.54, 1.807) is 6.20 Å². The van der Waals surface area contributed by atoms with Gasteiger partial charge < -0.3 is 10.3 Å². The van der Waals surface area contributed by atoms with Gasteiger partial charge in [-0.25, -0.2) is 0 Å². The van der Waals surface area contributed by atoms with Crippen LogP contribution in [0.5, 0.6) is 0 Å². The van der Waals surface area contributed by atoms with E-state index < -0.39 is 0 Å². The van der Waals surface area contributed by atoms with Crippen LogP contribution in [0.25, 0.3) is 22.2 Å². The van der Waals surface area contributed by atoms with Gasteiger partial charge in [0.2, 0.25) is 0 Å². The second kappa shape index (κ2) is 8.37. The van der Waals surface area contributed by atoms with E-state index in [0.29, 0.717) is 10.6 Å². The molecule has 0 fully saturated rings. The zero-order valence-corrected chi connectivity index (χ0v) is 15.9. The molecular formula is C21H24ClN3O. The molecule has 0 saturated carbocycles. The summed E-state index contributed by atoms with van der Waals surface area (Å²) in [5.74, 6) is -0.0145. The number of carbonyl (C=O) groups excluding carboxylic acids is 1. The number of hydrogen-bond acceptors (Lipinski definition) is 2. The molecule has 0 aliphatic heterocycles. The van der Waals surface area contributed by atoms with Gasteiger partial charge in [0.1, 0.15) is 0 Å². The number of nitrogens with zero attached hydrogens (tertiary/aromatic N) is 1.